The Balaban J connectivity index is 2.31. The van der Waals surface area contributed by atoms with Gasteiger partial charge in [-0.3, -0.25) is 24.0 Å². The first-order valence-corrected chi connectivity index (χ1v) is 15.7. The van der Waals surface area contributed by atoms with Crippen LogP contribution < -0.4 is 0 Å². The normalized spacial score (nSPS) is 24.3. The standard InChI is InChI=1S/C28H53N2O7P/c1-13-34-38(33,35-14-2)19-22(23(31)36-20-15-25(3,4)29(11)26(5,6)16-20)24(32)37-21-17-27(7,8)30(12)28(9,10)18-21/h20-22H,13-19H2,1-12H3. The Bertz CT molecular complexity index is 800. The quantitative estimate of drug-likeness (QED) is 0.201. The summed E-state index contributed by atoms with van der Waals surface area (Å²) in [5.41, 5.74) is -0.834. The van der Waals surface area contributed by atoms with E-state index in [4.69, 9.17) is 18.5 Å². The van der Waals surface area contributed by atoms with Gasteiger partial charge in [-0.2, -0.15) is 0 Å². The summed E-state index contributed by atoms with van der Waals surface area (Å²) in [5.74, 6) is -2.87. The zero-order valence-electron chi connectivity index (χ0n) is 25.9. The number of hydrogen-bond donors (Lipinski definition) is 0. The lowest BCUT2D eigenvalue weighted by molar-refractivity contribution is -0.176. The van der Waals surface area contributed by atoms with Crippen molar-refractivity contribution in [1.82, 2.24) is 9.80 Å². The highest BCUT2D eigenvalue weighted by Crippen LogP contribution is 2.50. The SMILES string of the molecule is CCOP(=O)(CC(C(=O)OC1CC(C)(C)N(C)C(C)(C)C1)C(=O)OC1CC(C)(C)N(C)C(C)(C)C1)OCC. The maximum absolute atomic E-state index is 13.6. The molecule has 2 aliphatic rings. The van der Waals surface area contributed by atoms with Crippen LogP contribution in [0.3, 0.4) is 0 Å². The fourth-order valence-electron chi connectivity index (χ4n) is 6.22. The van der Waals surface area contributed by atoms with Crippen LogP contribution in [0.1, 0.15) is 94.9 Å². The van der Waals surface area contributed by atoms with Crippen molar-refractivity contribution in [2.45, 2.75) is 129 Å². The van der Waals surface area contributed by atoms with Crippen LogP contribution in [-0.4, -0.2) is 89.6 Å². The van der Waals surface area contributed by atoms with Crippen LogP contribution >= 0.6 is 7.60 Å². The molecule has 0 aromatic heterocycles. The largest absolute Gasteiger partial charge is 0.462 e. The molecule has 0 saturated carbocycles. The Morgan fingerprint density at radius 2 is 1.00 bits per heavy atom. The van der Waals surface area contributed by atoms with Crippen LogP contribution in [0.15, 0.2) is 0 Å². The highest BCUT2D eigenvalue weighted by Gasteiger charge is 2.48. The fraction of sp³-hybridized carbons (Fsp3) is 0.929. The molecule has 0 aliphatic carbocycles. The van der Waals surface area contributed by atoms with Gasteiger partial charge in [0.25, 0.3) is 0 Å². The minimum absolute atomic E-state index is 0.128. The first-order chi connectivity index (χ1) is 17.2. The Morgan fingerprint density at radius 3 is 1.26 bits per heavy atom. The molecule has 2 fully saturated rings. The van der Waals surface area contributed by atoms with E-state index in [1.165, 1.54) is 0 Å². The second kappa shape index (κ2) is 11.9. The summed E-state index contributed by atoms with van der Waals surface area (Å²) in [6.45, 7) is 20.6. The molecule has 0 bridgehead atoms. The van der Waals surface area contributed by atoms with Crippen molar-refractivity contribution in [3.8, 4) is 0 Å². The van der Waals surface area contributed by atoms with Gasteiger partial charge in [0.2, 0.25) is 0 Å². The summed E-state index contributed by atoms with van der Waals surface area (Å²) >= 11 is 0. The highest BCUT2D eigenvalue weighted by molar-refractivity contribution is 7.53. The number of rotatable bonds is 10. The smallest absolute Gasteiger partial charge is 0.332 e. The van der Waals surface area contributed by atoms with E-state index < -0.39 is 43.8 Å². The molecule has 2 heterocycles. The number of piperidine rings is 2. The summed E-state index contributed by atoms with van der Waals surface area (Å²) in [6.07, 6.45) is 1.28. The van der Waals surface area contributed by atoms with Crippen LogP contribution in [0.5, 0.6) is 0 Å². The third-order valence-electron chi connectivity index (χ3n) is 8.73. The Morgan fingerprint density at radius 1 is 0.711 bits per heavy atom. The van der Waals surface area contributed by atoms with Crippen molar-refractivity contribution in [1.29, 1.82) is 0 Å². The molecule has 0 N–H and O–H groups in total. The molecule has 222 valence electrons. The summed E-state index contributed by atoms with van der Waals surface area (Å²) < 4.78 is 36.3. The van der Waals surface area contributed by atoms with Crippen molar-refractivity contribution in [3.63, 3.8) is 0 Å². The molecule has 0 aromatic carbocycles. The lowest BCUT2D eigenvalue weighted by Crippen LogP contribution is -2.61. The van der Waals surface area contributed by atoms with Crippen molar-refractivity contribution in [3.05, 3.63) is 0 Å². The molecule has 9 nitrogen and oxygen atoms in total. The van der Waals surface area contributed by atoms with Gasteiger partial charge in [-0.15, -0.1) is 0 Å². The van der Waals surface area contributed by atoms with Gasteiger partial charge in [0.05, 0.1) is 19.4 Å². The van der Waals surface area contributed by atoms with Crippen LogP contribution in [0.4, 0.5) is 0 Å². The molecule has 0 atom stereocenters. The predicted molar refractivity (Wildman–Crippen MR) is 149 cm³/mol. The average Bonchev–Trinajstić information content (AvgIpc) is 2.73. The topological polar surface area (TPSA) is 94.6 Å². The minimum atomic E-state index is -3.73. The van der Waals surface area contributed by atoms with Crippen molar-refractivity contribution in [2.24, 2.45) is 5.92 Å². The number of carbonyl (C=O) groups is 2. The second-order valence-corrected chi connectivity index (χ2v) is 15.6. The molecular formula is C28H53N2O7P. The Hall–Kier alpha value is -0.990. The lowest BCUT2D eigenvalue weighted by atomic mass is 9.78. The van der Waals surface area contributed by atoms with E-state index >= 15 is 0 Å². The van der Waals surface area contributed by atoms with Crippen LogP contribution in [0.25, 0.3) is 0 Å². The second-order valence-electron chi connectivity index (χ2n) is 13.5. The number of nitrogens with zero attached hydrogens (tertiary/aromatic N) is 2. The van der Waals surface area contributed by atoms with Gasteiger partial charge in [-0.1, -0.05) is 0 Å². The summed E-state index contributed by atoms with van der Waals surface area (Å²) in [5, 5.41) is 0. The maximum atomic E-state index is 13.6. The molecule has 0 amide bonds. The van der Waals surface area contributed by atoms with Crippen LogP contribution in [0, 0.1) is 5.92 Å². The van der Waals surface area contributed by atoms with Gasteiger partial charge in [-0.05, 0) is 83.3 Å². The zero-order valence-corrected chi connectivity index (χ0v) is 26.8. The number of ether oxygens (including phenoxy) is 2. The third kappa shape index (κ3) is 7.81. The lowest BCUT2D eigenvalue weighted by Gasteiger charge is -2.53. The van der Waals surface area contributed by atoms with Crippen molar-refractivity contribution >= 4 is 19.5 Å². The van der Waals surface area contributed by atoms with Crippen LogP contribution in [-0.2, 0) is 32.7 Å². The predicted octanol–water partition coefficient (Wildman–Crippen LogP) is 5.26. The number of likely N-dealkylation sites (tertiary alicyclic amines) is 2. The Labute approximate surface area is 230 Å². The first kappa shape index (κ1) is 33.2. The number of esters is 2. The zero-order chi connectivity index (χ0) is 29.3. The summed E-state index contributed by atoms with van der Waals surface area (Å²) in [7, 11) is 0.415. The van der Waals surface area contributed by atoms with E-state index in [0.29, 0.717) is 25.7 Å². The van der Waals surface area contributed by atoms with Gasteiger partial charge in [0.15, 0.2) is 5.92 Å². The molecule has 38 heavy (non-hydrogen) atoms. The highest BCUT2D eigenvalue weighted by atomic mass is 31.2. The average molecular weight is 561 g/mol. The molecule has 0 unspecified atom stereocenters. The monoisotopic (exact) mass is 560 g/mol. The van der Waals surface area contributed by atoms with Crippen LogP contribution in [0.2, 0.25) is 0 Å². The van der Waals surface area contributed by atoms with Gasteiger partial charge >= 0.3 is 19.5 Å². The van der Waals surface area contributed by atoms with E-state index in [2.05, 4.69) is 79.3 Å². The molecular weight excluding hydrogens is 507 g/mol. The van der Waals surface area contributed by atoms with E-state index in [1.54, 1.807) is 13.8 Å². The molecule has 2 aliphatic heterocycles. The van der Waals surface area contributed by atoms with Crippen molar-refractivity contribution in [2.75, 3.05) is 33.5 Å². The van der Waals surface area contributed by atoms with E-state index in [9.17, 15) is 14.2 Å². The van der Waals surface area contributed by atoms with E-state index in [1.807, 2.05) is 0 Å². The van der Waals surface area contributed by atoms with E-state index in [0.717, 1.165) is 0 Å². The third-order valence-corrected chi connectivity index (χ3v) is 10.8. The molecule has 2 rings (SSSR count). The summed E-state index contributed by atoms with van der Waals surface area (Å²) in [6, 6.07) is 0. The minimum Gasteiger partial charge on any atom is -0.462 e. The molecule has 0 radical (unpaired) electrons. The molecule has 10 heteroatoms. The Kier molecular flexibility index (Phi) is 10.4. The molecule has 0 aromatic rings. The maximum Gasteiger partial charge on any atom is 0.332 e. The van der Waals surface area contributed by atoms with Gasteiger partial charge < -0.3 is 18.5 Å². The van der Waals surface area contributed by atoms with Gasteiger partial charge in [-0.25, -0.2) is 0 Å². The first-order valence-electron chi connectivity index (χ1n) is 14.0. The van der Waals surface area contributed by atoms with Gasteiger partial charge in [0.1, 0.15) is 12.2 Å². The van der Waals surface area contributed by atoms with Gasteiger partial charge in [0, 0.05) is 47.8 Å². The fourth-order valence-corrected chi connectivity index (χ4v) is 8.04. The number of carbonyl (C=O) groups excluding carboxylic acids is 2. The van der Waals surface area contributed by atoms with Crippen molar-refractivity contribution < 1.29 is 32.7 Å². The number of hydrogen-bond acceptors (Lipinski definition) is 9. The van der Waals surface area contributed by atoms with E-state index in [-0.39, 0.29) is 35.4 Å². The molecule has 0 spiro atoms. The molecule has 2 saturated heterocycles. The summed E-state index contributed by atoms with van der Waals surface area (Å²) in [4.78, 5) is 31.8.